The second-order valence-electron chi connectivity index (χ2n) is 6.05. The molecule has 0 radical (unpaired) electrons. The highest BCUT2D eigenvalue weighted by molar-refractivity contribution is 5.92. The van der Waals surface area contributed by atoms with E-state index in [1.54, 1.807) is 12.1 Å². The standard InChI is InChI=1S/C19H23NO4/c1-13(2)14-6-5-7-15(12-14)16-9-10-17(24-16)19(23)20-11-4-3-8-18(21)22/h5-7,9-10,12-13H,3-4,8,11H2,1-2H3,(H,20,23)(H,21,22). The minimum atomic E-state index is -0.819. The molecule has 0 aliphatic carbocycles. The van der Waals surface area contributed by atoms with Gasteiger partial charge in [0.05, 0.1) is 0 Å². The Kier molecular flexibility index (Phi) is 6.18. The van der Waals surface area contributed by atoms with Crippen molar-refractivity contribution in [3.63, 3.8) is 0 Å². The van der Waals surface area contributed by atoms with E-state index in [2.05, 4.69) is 31.3 Å². The molecule has 1 aromatic carbocycles. The molecular weight excluding hydrogens is 306 g/mol. The third kappa shape index (κ3) is 4.98. The quantitative estimate of drug-likeness (QED) is 0.716. The van der Waals surface area contributed by atoms with E-state index in [1.807, 2.05) is 12.1 Å². The number of carboxylic acids is 1. The van der Waals surface area contributed by atoms with Crippen molar-refractivity contribution in [2.24, 2.45) is 0 Å². The molecule has 0 bridgehead atoms. The van der Waals surface area contributed by atoms with Crippen molar-refractivity contribution in [1.82, 2.24) is 5.32 Å². The molecule has 2 N–H and O–H groups in total. The number of amides is 1. The van der Waals surface area contributed by atoms with E-state index in [0.29, 0.717) is 31.1 Å². The lowest BCUT2D eigenvalue weighted by Gasteiger charge is -2.06. The van der Waals surface area contributed by atoms with Gasteiger partial charge in [-0.15, -0.1) is 0 Å². The Morgan fingerprint density at radius 2 is 1.96 bits per heavy atom. The number of unbranched alkanes of at least 4 members (excludes halogenated alkanes) is 1. The van der Waals surface area contributed by atoms with Crippen LogP contribution < -0.4 is 5.32 Å². The Hall–Kier alpha value is -2.56. The molecule has 1 amide bonds. The zero-order chi connectivity index (χ0) is 17.5. The van der Waals surface area contributed by atoms with Crippen molar-refractivity contribution in [1.29, 1.82) is 0 Å². The van der Waals surface area contributed by atoms with Gasteiger partial charge in [-0.1, -0.05) is 32.0 Å². The van der Waals surface area contributed by atoms with Crippen LogP contribution in [-0.2, 0) is 4.79 Å². The predicted octanol–water partition coefficient (Wildman–Crippen LogP) is 4.05. The Morgan fingerprint density at radius 1 is 1.17 bits per heavy atom. The molecule has 5 heteroatoms. The minimum absolute atomic E-state index is 0.118. The molecule has 0 aliphatic heterocycles. The number of furan rings is 1. The first-order valence-corrected chi connectivity index (χ1v) is 8.17. The minimum Gasteiger partial charge on any atom is -0.481 e. The van der Waals surface area contributed by atoms with Crippen LogP contribution >= 0.6 is 0 Å². The lowest BCUT2D eigenvalue weighted by Crippen LogP contribution is -2.24. The van der Waals surface area contributed by atoms with Crippen LogP contribution in [0.3, 0.4) is 0 Å². The van der Waals surface area contributed by atoms with Crippen molar-refractivity contribution in [2.75, 3.05) is 6.54 Å². The Labute approximate surface area is 141 Å². The summed E-state index contributed by atoms with van der Waals surface area (Å²) in [7, 11) is 0. The Bertz CT molecular complexity index is 703. The van der Waals surface area contributed by atoms with Crippen LogP contribution in [0.25, 0.3) is 11.3 Å². The van der Waals surface area contributed by atoms with Gasteiger partial charge in [0.15, 0.2) is 5.76 Å². The summed E-state index contributed by atoms with van der Waals surface area (Å²) in [5, 5.41) is 11.3. The van der Waals surface area contributed by atoms with Crippen molar-refractivity contribution < 1.29 is 19.1 Å². The van der Waals surface area contributed by atoms with Crippen molar-refractivity contribution in [3.05, 3.63) is 47.7 Å². The van der Waals surface area contributed by atoms with E-state index in [9.17, 15) is 9.59 Å². The maximum atomic E-state index is 12.0. The number of hydrogen-bond acceptors (Lipinski definition) is 3. The van der Waals surface area contributed by atoms with Crippen molar-refractivity contribution >= 4 is 11.9 Å². The van der Waals surface area contributed by atoms with Crippen molar-refractivity contribution in [3.8, 4) is 11.3 Å². The summed E-state index contributed by atoms with van der Waals surface area (Å²) < 4.78 is 5.66. The molecule has 0 saturated heterocycles. The van der Waals surface area contributed by atoms with Gasteiger partial charge in [0.25, 0.3) is 5.91 Å². The summed E-state index contributed by atoms with van der Waals surface area (Å²) in [5.41, 5.74) is 2.16. The zero-order valence-electron chi connectivity index (χ0n) is 14.0. The molecule has 24 heavy (non-hydrogen) atoms. The highest BCUT2D eigenvalue weighted by Gasteiger charge is 2.12. The SMILES string of the molecule is CC(C)c1cccc(-c2ccc(C(=O)NCCCCC(=O)O)o2)c1. The summed E-state index contributed by atoms with van der Waals surface area (Å²) in [5.74, 6) is 0.248. The molecule has 1 heterocycles. The van der Waals surface area contributed by atoms with E-state index in [0.717, 1.165) is 5.56 Å². The van der Waals surface area contributed by atoms with Crippen molar-refractivity contribution in [2.45, 2.75) is 39.0 Å². The van der Waals surface area contributed by atoms with Gasteiger partial charge < -0.3 is 14.8 Å². The molecule has 0 aliphatic rings. The summed E-state index contributed by atoms with van der Waals surface area (Å²) in [6, 6.07) is 11.5. The number of carbonyl (C=O) groups excluding carboxylic acids is 1. The summed E-state index contributed by atoms with van der Waals surface area (Å²) >= 11 is 0. The molecular formula is C19H23NO4. The normalized spacial score (nSPS) is 10.8. The zero-order valence-corrected chi connectivity index (χ0v) is 14.0. The van der Waals surface area contributed by atoms with Crippen LogP contribution in [0.1, 0.15) is 55.1 Å². The second-order valence-corrected chi connectivity index (χ2v) is 6.05. The maximum Gasteiger partial charge on any atom is 0.303 e. The summed E-state index contributed by atoms with van der Waals surface area (Å²) in [6.45, 7) is 4.69. The first-order valence-electron chi connectivity index (χ1n) is 8.17. The van der Waals surface area contributed by atoms with Crippen LogP contribution in [0.4, 0.5) is 0 Å². The van der Waals surface area contributed by atoms with Gasteiger partial charge in [0.2, 0.25) is 0 Å². The van der Waals surface area contributed by atoms with Gasteiger partial charge in [0, 0.05) is 18.5 Å². The lowest BCUT2D eigenvalue weighted by atomic mass is 10.0. The third-order valence-electron chi connectivity index (χ3n) is 3.77. The van der Waals surface area contributed by atoms with Crippen LogP contribution in [-0.4, -0.2) is 23.5 Å². The molecule has 0 unspecified atom stereocenters. The fourth-order valence-electron chi connectivity index (χ4n) is 2.36. The fraction of sp³-hybridized carbons (Fsp3) is 0.368. The number of carboxylic acid groups (broad SMARTS) is 1. The van der Waals surface area contributed by atoms with Gasteiger partial charge in [-0.25, -0.2) is 0 Å². The number of nitrogens with one attached hydrogen (secondary N) is 1. The molecule has 2 rings (SSSR count). The number of aliphatic carboxylic acids is 1. The highest BCUT2D eigenvalue weighted by Crippen LogP contribution is 2.25. The number of carbonyl (C=O) groups is 2. The van der Waals surface area contributed by atoms with Crippen LogP contribution in [0.5, 0.6) is 0 Å². The van der Waals surface area contributed by atoms with E-state index in [1.165, 1.54) is 5.56 Å². The average molecular weight is 329 g/mol. The van der Waals surface area contributed by atoms with Gasteiger partial charge in [0.1, 0.15) is 5.76 Å². The largest absolute Gasteiger partial charge is 0.481 e. The lowest BCUT2D eigenvalue weighted by molar-refractivity contribution is -0.137. The highest BCUT2D eigenvalue weighted by atomic mass is 16.4. The van der Waals surface area contributed by atoms with E-state index >= 15 is 0 Å². The predicted molar refractivity (Wildman–Crippen MR) is 92.1 cm³/mol. The van der Waals surface area contributed by atoms with E-state index in [4.69, 9.17) is 9.52 Å². The number of benzene rings is 1. The Balaban J connectivity index is 1.94. The average Bonchev–Trinajstić information content (AvgIpc) is 3.04. The van der Waals surface area contributed by atoms with E-state index < -0.39 is 5.97 Å². The molecule has 2 aromatic rings. The number of hydrogen-bond donors (Lipinski definition) is 2. The molecule has 0 spiro atoms. The first kappa shape index (κ1) is 17.8. The first-order chi connectivity index (χ1) is 11.5. The summed E-state index contributed by atoms with van der Waals surface area (Å²) in [6.07, 6.45) is 1.29. The summed E-state index contributed by atoms with van der Waals surface area (Å²) in [4.78, 5) is 22.5. The smallest absolute Gasteiger partial charge is 0.303 e. The molecule has 128 valence electrons. The monoisotopic (exact) mass is 329 g/mol. The van der Waals surface area contributed by atoms with Crippen LogP contribution in [0.2, 0.25) is 0 Å². The molecule has 0 fully saturated rings. The molecule has 0 atom stereocenters. The van der Waals surface area contributed by atoms with Gasteiger partial charge in [-0.05, 0) is 42.5 Å². The van der Waals surface area contributed by atoms with Gasteiger partial charge in [-0.2, -0.15) is 0 Å². The van der Waals surface area contributed by atoms with Crippen LogP contribution in [0, 0.1) is 0 Å². The Morgan fingerprint density at radius 3 is 2.67 bits per heavy atom. The van der Waals surface area contributed by atoms with Crippen LogP contribution in [0.15, 0.2) is 40.8 Å². The molecule has 1 aromatic heterocycles. The van der Waals surface area contributed by atoms with E-state index in [-0.39, 0.29) is 18.1 Å². The second kappa shape index (κ2) is 8.34. The fourth-order valence-corrected chi connectivity index (χ4v) is 2.36. The third-order valence-corrected chi connectivity index (χ3v) is 3.77. The molecule has 0 saturated carbocycles. The van der Waals surface area contributed by atoms with Gasteiger partial charge >= 0.3 is 5.97 Å². The molecule has 5 nitrogen and oxygen atoms in total. The number of rotatable bonds is 8. The van der Waals surface area contributed by atoms with Gasteiger partial charge in [-0.3, -0.25) is 9.59 Å². The topological polar surface area (TPSA) is 79.5 Å². The maximum absolute atomic E-state index is 12.0.